The van der Waals surface area contributed by atoms with E-state index in [9.17, 15) is 25.5 Å². The van der Waals surface area contributed by atoms with Gasteiger partial charge in [0.1, 0.15) is 54.9 Å². The molecule has 0 aromatic rings. The van der Waals surface area contributed by atoms with Crippen molar-refractivity contribution in [1.82, 2.24) is 0 Å². The first-order valence-corrected chi connectivity index (χ1v) is 11.3. The molecule has 3 heterocycles. The molecule has 34 heavy (non-hydrogen) atoms. The standard InChI is InChI=1S/C21H38O13/c1-7-10(22)15(12(24)19(26)30-7)33-20-13(25)16(11(23)8(2)31-20)34-21-18(29-6)17(28-5)14(27-4)9(3)32-21/h7-26H,1-6H3/t7-,8-,9-,10-,11-,12+,13+,14+,15+,16+,17+,18-,19+,20-,21-/m0/s1. The zero-order chi connectivity index (χ0) is 25.3. The number of hydrogen-bond acceptors (Lipinski definition) is 13. The van der Waals surface area contributed by atoms with E-state index >= 15 is 0 Å². The van der Waals surface area contributed by atoms with Gasteiger partial charge in [-0.25, -0.2) is 0 Å². The maximum atomic E-state index is 11.0. The van der Waals surface area contributed by atoms with Crippen LogP contribution in [0, 0.1) is 0 Å². The van der Waals surface area contributed by atoms with Crippen LogP contribution in [0.25, 0.3) is 0 Å². The molecule has 0 radical (unpaired) electrons. The molecule has 13 heteroatoms. The van der Waals surface area contributed by atoms with Gasteiger partial charge in [0, 0.05) is 21.3 Å². The van der Waals surface area contributed by atoms with Crippen molar-refractivity contribution in [2.45, 2.75) is 113 Å². The molecule has 0 aliphatic carbocycles. The Hall–Kier alpha value is -0.520. The van der Waals surface area contributed by atoms with Crippen molar-refractivity contribution in [1.29, 1.82) is 0 Å². The van der Waals surface area contributed by atoms with Gasteiger partial charge >= 0.3 is 0 Å². The molecule has 15 atom stereocenters. The fourth-order valence-corrected chi connectivity index (χ4v) is 4.68. The maximum Gasteiger partial charge on any atom is 0.187 e. The van der Waals surface area contributed by atoms with Crippen molar-refractivity contribution < 1.29 is 63.4 Å². The summed E-state index contributed by atoms with van der Waals surface area (Å²) in [6.07, 6.45) is -16.3. The van der Waals surface area contributed by atoms with Gasteiger partial charge < -0.3 is 63.4 Å². The molecule has 3 rings (SSSR count). The van der Waals surface area contributed by atoms with Crippen LogP contribution in [0.2, 0.25) is 0 Å². The largest absolute Gasteiger partial charge is 0.388 e. The van der Waals surface area contributed by atoms with E-state index < -0.39 is 92.1 Å². The fraction of sp³-hybridized carbons (Fsp3) is 1.00. The van der Waals surface area contributed by atoms with E-state index in [1.807, 2.05) is 0 Å². The number of rotatable bonds is 7. The molecule has 0 aromatic heterocycles. The summed E-state index contributed by atoms with van der Waals surface area (Å²) < 4.78 is 44.8. The predicted molar refractivity (Wildman–Crippen MR) is 111 cm³/mol. The summed E-state index contributed by atoms with van der Waals surface area (Å²) in [5, 5.41) is 52.2. The lowest BCUT2D eigenvalue weighted by Gasteiger charge is -2.48. The summed E-state index contributed by atoms with van der Waals surface area (Å²) in [5.74, 6) is 0. The van der Waals surface area contributed by atoms with E-state index in [1.54, 1.807) is 13.8 Å². The van der Waals surface area contributed by atoms with Crippen molar-refractivity contribution >= 4 is 0 Å². The highest BCUT2D eigenvalue weighted by Gasteiger charge is 2.53. The molecular formula is C21H38O13. The molecular weight excluding hydrogens is 460 g/mol. The molecule has 3 aliphatic rings. The second-order valence-corrected chi connectivity index (χ2v) is 8.92. The molecule has 0 amide bonds. The second-order valence-electron chi connectivity index (χ2n) is 8.92. The van der Waals surface area contributed by atoms with Crippen LogP contribution in [-0.4, -0.2) is 139 Å². The van der Waals surface area contributed by atoms with Gasteiger partial charge in [0.25, 0.3) is 0 Å². The molecule has 0 aromatic carbocycles. The average Bonchev–Trinajstić information content (AvgIpc) is 2.80. The van der Waals surface area contributed by atoms with E-state index in [0.29, 0.717) is 0 Å². The van der Waals surface area contributed by atoms with Gasteiger partial charge in [0.15, 0.2) is 18.9 Å². The summed E-state index contributed by atoms with van der Waals surface area (Å²) in [6.45, 7) is 4.82. The highest BCUT2D eigenvalue weighted by atomic mass is 16.7. The quantitative estimate of drug-likeness (QED) is 0.249. The first kappa shape index (κ1) is 28.1. The Morgan fingerprint density at radius 1 is 0.471 bits per heavy atom. The van der Waals surface area contributed by atoms with Gasteiger partial charge in [-0.05, 0) is 20.8 Å². The minimum Gasteiger partial charge on any atom is -0.388 e. The lowest BCUT2D eigenvalue weighted by Crippen LogP contribution is -2.65. The SMILES string of the molecule is CO[C@H]1[C@H](OC)[C@H](O[C@@H]2[C@@H](O)[C@H](C)O[C@@H](O[C@@H]3[C@@H](O)[C@H](C)O[C@@H](O)[C@@H]3O)[C@@H]2O)O[C@@H](C)[C@H]1OC. The van der Waals surface area contributed by atoms with Crippen molar-refractivity contribution in [2.24, 2.45) is 0 Å². The Labute approximate surface area is 198 Å². The second kappa shape index (κ2) is 11.7. The summed E-state index contributed by atoms with van der Waals surface area (Å²) >= 11 is 0. The Balaban J connectivity index is 1.77. The summed E-state index contributed by atoms with van der Waals surface area (Å²) in [4.78, 5) is 0. The van der Waals surface area contributed by atoms with Gasteiger partial charge in [-0.1, -0.05) is 0 Å². The lowest BCUT2D eigenvalue weighted by molar-refractivity contribution is -0.375. The summed E-state index contributed by atoms with van der Waals surface area (Å²) in [6, 6.07) is 0. The smallest absolute Gasteiger partial charge is 0.187 e. The molecule has 0 bridgehead atoms. The van der Waals surface area contributed by atoms with Crippen molar-refractivity contribution in [3.63, 3.8) is 0 Å². The normalized spacial score (nSPS) is 52.5. The highest BCUT2D eigenvalue weighted by Crippen LogP contribution is 2.33. The zero-order valence-corrected chi connectivity index (χ0v) is 20.2. The third-order valence-electron chi connectivity index (χ3n) is 6.71. The van der Waals surface area contributed by atoms with Crippen molar-refractivity contribution in [3.05, 3.63) is 0 Å². The van der Waals surface area contributed by atoms with Crippen LogP contribution in [-0.2, 0) is 37.9 Å². The van der Waals surface area contributed by atoms with Crippen LogP contribution in [0.5, 0.6) is 0 Å². The monoisotopic (exact) mass is 498 g/mol. The van der Waals surface area contributed by atoms with Crippen LogP contribution < -0.4 is 0 Å². The molecule has 5 N–H and O–H groups in total. The van der Waals surface area contributed by atoms with Crippen molar-refractivity contribution in [3.8, 4) is 0 Å². The molecule has 3 aliphatic heterocycles. The average molecular weight is 499 g/mol. The Kier molecular flexibility index (Phi) is 9.64. The summed E-state index contributed by atoms with van der Waals surface area (Å²) in [7, 11) is 4.48. The number of aliphatic hydroxyl groups excluding tert-OH is 5. The van der Waals surface area contributed by atoms with Gasteiger partial charge in [-0.3, -0.25) is 0 Å². The van der Waals surface area contributed by atoms with Crippen LogP contribution in [0.15, 0.2) is 0 Å². The minimum atomic E-state index is -1.60. The van der Waals surface area contributed by atoms with Crippen LogP contribution >= 0.6 is 0 Å². The van der Waals surface area contributed by atoms with Gasteiger partial charge in [-0.15, -0.1) is 0 Å². The first-order chi connectivity index (χ1) is 16.0. The number of hydrogen-bond donors (Lipinski definition) is 5. The van der Waals surface area contributed by atoms with Gasteiger partial charge in [0.2, 0.25) is 0 Å². The molecule has 13 nitrogen and oxygen atoms in total. The molecule has 0 spiro atoms. The molecule has 3 saturated heterocycles. The predicted octanol–water partition coefficient (Wildman–Crippen LogP) is -2.53. The zero-order valence-electron chi connectivity index (χ0n) is 20.2. The first-order valence-electron chi connectivity index (χ1n) is 11.3. The maximum absolute atomic E-state index is 11.0. The molecule has 200 valence electrons. The Morgan fingerprint density at radius 3 is 1.50 bits per heavy atom. The Bertz CT molecular complexity index is 626. The van der Waals surface area contributed by atoms with E-state index in [1.165, 1.54) is 28.3 Å². The number of aliphatic hydroxyl groups is 5. The minimum absolute atomic E-state index is 0.445. The molecule has 3 fully saturated rings. The fourth-order valence-electron chi connectivity index (χ4n) is 4.68. The molecule has 0 saturated carbocycles. The Morgan fingerprint density at radius 2 is 0.941 bits per heavy atom. The van der Waals surface area contributed by atoms with Gasteiger partial charge in [0.05, 0.1) is 18.3 Å². The van der Waals surface area contributed by atoms with Crippen molar-refractivity contribution in [2.75, 3.05) is 21.3 Å². The topological polar surface area (TPSA) is 175 Å². The molecule has 0 unspecified atom stereocenters. The summed E-state index contributed by atoms with van der Waals surface area (Å²) in [5.41, 5.74) is 0. The lowest BCUT2D eigenvalue weighted by atomic mass is 9.96. The van der Waals surface area contributed by atoms with E-state index in [4.69, 9.17) is 37.9 Å². The highest BCUT2D eigenvalue weighted by molar-refractivity contribution is 4.95. The number of methoxy groups -OCH3 is 3. The van der Waals surface area contributed by atoms with E-state index in [2.05, 4.69) is 0 Å². The van der Waals surface area contributed by atoms with Crippen LogP contribution in [0.3, 0.4) is 0 Å². The van der Waals surface area contributed by atoms with Crippen LogP contribution in [0.4, 0.5) is 0 Å². The third kappa shape index (κ3) is 5.42. The van der Waals surface area contributed by atoms with E-state index in [-0.39, 0.29) is 0 Å². The number of ether oxygens (including phenoxy) is 8. The van der Waals surface area contributed by atoms with Gasteiger partial charge in [-0.2, -0.15) is 0 Å². The van der Waals surface area contributed by atoms with Crippen LogP contribution in [0.1, 0.15) is 20.8 Å². The third-order valence-corrected chi connectivity index (χ3v) is 6.71. The van der Waals surface area contributed by atoms with E-state index in [0.717, 1.165) is 0 Å².